The molecule has 0 aliphatic carbocycles. The van der Waals surface area contributed by atoms with Crippen molar-refractivity contribution in [3.8, 4) is 0 Å². The molecule has 142 valence electrons. The Bertz CT molecular complexity index is 984. The van der Waals surface area contributed by atoms with Gasteiger partial charge < -0.3 is 5.32 Å². The van der Waals surface area contributed by atoms with Crippen LogP contribution in [0.15, 0.2) is 91.0 Å². The predicted octanol–water partition coefficient (Wildman–Crippen LogP) is 3.14. The van der Waals surface area contributed by atoms with Crippen LogP contribution in [-0.2, 0) is 20.0 Å². The van der Waals surface area contributed by atoms with Crippen molar-refractivity contribution >= 4 is 15.7 Å². The SMILES string of the molecule is CS(=O)(=O)C1NC(=O)[C@H]1C(c1ccccc1)(c1ccccc1)c1ccccc1. The zero-order chi connectivity index (χ0) is 19.8. The second-order valence-electron chi connectivity index (χ2n) is 7.14. The Morgan fingerprint density at radius 1 is 0.714 bits per heavy atom. The van der Waals surface area contributed by atoms with Crippen molar-refractivity contribution in [2.75, 3.05) is 6.26 Å². The average molecular weight is 391 g/mol. The van der Waals surface area contributed by atoms with E-state index in [4.69, 9.17) is 0 Å². The molecule has 1 N–H and O–H groups in total. The summed E-state index contributed by atoms with van der Waals surface area (Å²) in [6.45, 7) is 0. The zero-order valence-electron chi connectivity index (χ0n) is 15.4. The van der Waals surface area contributed by atoms with Crippen LogP contribution in [0.25, 0.3) is 0 Å². The number of carbonyl (C=O) groups excluding carboxylic acids is 1. The highest BCUT2D eigenvalue weighted by molar-refractivity contribution is 7.91. The minimum atomic E-state index is -3.49. The van der Waals surface area contributed by atoms with Crippen molar-refractivity contribution in [2.45, 2.75) is 10.8 Å². The molecule has 1 saturated heterocycles. The van der Waals surface area contributed by atoms with E-state index in [-0.39, 0.29) is 5.91 Å². The van der Waals surface area contributed by atoms with Gasteiger partial charge in [0, 0.05) is 6.26 Å². The first-order valence-corrected chi connectivity index (χ1v) is 11.1. The minimum Gasteiger partial charge on any atom is -0.338 e. The molecule has 0 radical (unpaired) electrons. The van der Waals surface area contributed by atoms with Crippen molar-refractivity contribution in [1.82, 2.24) is 5.32 Å². The fraction of sp³-hybridized carbons (Fsp3) is 0.174. The van der Waals surface area contributed by atoms with Crippen molar-refractivity contribution in [3.63, 3.8) is 0 Å². The van der Waals surface area contributed by atoms with E-state index in [1.54, 1.807) is 0 Å². The third-order valence-electron chi connectivity index (χ3n) is 5.48. The van der Waals surface area contributed by atoms with E-state index in [2.05, 4.69) is 5.32 Å². The van der Waals surface area contributed by atoms with Crippen LogP contribution in [0.4, 0.5) is 0 Å². The lowest BCUT2D eigenvalue weighted by Crippen LogP contribution is -2.68. The molecule has 1 aliphatic heterocycles. The summed E-state index contributed by atoms with van der Waals surface area (Å²) in [5.41, 5.74) is 1.75. The summed E-state index contributed by atoms with van der Waals surface area (Å²) in [4.78, 5) is 12.9. The minimum absolute atomic E-state index is 0.257. The molecule has 3 aromatic carbocycles. The number of carbonyl (C=O) groups is 1. The summed E-state index contributed by atoms with van der Waals surface area (Å²) in [6, 6.07) is 29.0. The largest absolute Gasteiger partial charge is 0.338 e. The average Bonchev–Trinajstić information content (AvgIpc) is 2.71. The van der Waals surface area contributed by atoms with E-state index in [9.17, 15) is 13.2 Å². The van der Waals surface area contributed by atoms with E-state index in [1.807, 2.05) is 91.0 Å². The lowest BCUT2D eigenvalue weighted by atomic mass is 9.59. The molecule has 4 nitrogen and oxygen atoms in total. The van der Waals surface area contributed by atoms with Gasteiger partial charge in [0.05, 0.1) is 11.3 Å². The number of β-lactam (4-membered cyclic amide) rings is 1. The summed E-state index contributed by atoms with van der Waals surface area (Å²) in [5, 5.41) is 1.68. The number of benzene rings is 3. The van der Waals surface area contributed by atoms with Gasteiger partial charge in [0.2, 0.25) is 5.91 Å². The molecular formula is C23H21NO3S. The highest BCUT2D eigenvalue weighted by Crippen LogP contribution is 2.49. The predicted molar refractivity (Wildman–Crippen MR) is 109 cm³/mol. The summed E-state index contributed by atoms with van der Waals surface area (Å²) < 4.78 is 25.0. The highest BCUT2D eigenvalue weighted by atomic mass is 32.2. The van der Waals surface area contributed by atoms with Crippen molar-refractivity contribution in [1.29, 1.82) is 0 Å². The molecule has 1 heterocycles. The number of sulfone groups is 1. The van der Waals surface area contributed by atoms with Crippen molar-refractivity contribution < 1.29 is 13.2 Å². The molecule has 1 amide bonds. The second-order valence-corrected chi connectivity index (χ2v) is 9.31. The maximum atomic E-state index is 12.9. The number of rotatable bonds is 5. The fourth-order valence-electron chi connectivity index (χ4n) is 4.27. The quantitative estimate of drug-likeness (QED) is 0.537. The van der Waals surface area contributed by atoms with Gasteiger partial charge in [-0.2, -0.15) is 0 Å². The standard InChI is InChI=1S/C23H21NO3S/c1-28(26,27)22-20(21(25)24-22)23(17-11-5-2-6-12-17,18-13-7-3-8-14-18)19-15-9-4-10-16-19/h2-16,20,22H,1H3,(H,24,25)/t20-,22?/m1/s1. The monoisotopic (exact) mass is 391 g/mol. The Hall–Kier alpha value is -2.92. The van der Waals surface area contributed by atoms with Crippen LogP contribution in [0, 0.1) is 5.92 Å². The van der Waals surface area contributed by atoms with Crippen LogP contribution in [0.1, 0.15) is 16.7 Å². The summed E-state index contributed by atoms with van der Waals surface area (Å²) in [7, 11) is -3.49. The summed E-state index contributed by atoms with van der Waals surface area (Å²) in [6.07, 6.45) is 1.18. The summed E-state index contributed by atoms with van der Waals surface area (Å²) >= 11 is 0. The Kier molecular flexibility index (Phi) is 4.55. The normalized spacial score (nSPS) is 19.5. The van der Waals surface area contributed by atoms with Crippen LogP contribution >= 0.6 is 0 Å². The lowest BCUT2D eigenvalue weighted by Gasteiger charge is -2.49. The molecule has 0 saturated carbocycles. The van der Waals surface area contributed by atoms with Gasteiger partial charge in [-0.05, 0) is 16.7 Å². The van der Waals surface area contributed by atoms with E-state index >= 15 is 0 Å². The van der Waals surface area contributed by atoms with Gasteiger partial charge in [-0.25, -0.2) is 8.42 Å². The number of hydrogen-bond donors (Lipinski definition) is 1. The van der Waals surface area contributed by atoms with Crippen molar-refractivity contribution in [3.05, 3.63) is 108 Å². The molecule has 0 spiro atoms. The van der Waals surface area contributed by atoms with Gasteiger partial charge in [-0.1, -0.05) is 91.0 Å². The molecule has 0 bridgehead atoms. The Labute approximate surface area is 165 Å². The topological polar surface area (TPSA) is 63.2 Å². The van der Waals surface area contributed by atoms with E-state index in [1.165, 1.54) is 6.26 Å². The zero-order valence-corrected chi connectivity index (χ0v) is 16.3. The fourth-order valence-corrected chi connectivity index (χ4v) is 5.43. The molecule has 0 aromatic heterocycles. The molecular weight excluding hydrogens is 370 g/mol. The Morgan fingerprint density at radius 2 is 1.07 bits per heavy atom. The molecule has 5 heteroatoms. The van der Waals surface area contributed by atoms with Gasteiger partial charge in [0.15, 0.2) is 9.84 Å². The third kappa shape index (κ3) is 2.83. The van der Waals surface area contributed by atoms with E-state index in [0.29, 0.717) is 0 Å². The van der Waals surface area contributed by atoms with Crippen molar-refractivity contribution in [2.24, 2.45) is 5.92 Å². The van der Waals surface area contributed by atoms with Crippen LogP contribution in [-0.4, -0.2) is 26.0 Å². The second kappa shape index (κ2) is 6.91. The van der Waals surface area contributed by atoms with Crippen LogP contribution in [0.3, 0.4) is 0 Å². The smallest absolute Gasteiger partial charge is 0.228 e. The van der Waals surface area contributed by atoms with Gasteiger partial charge in [0.25, 0.3) is 0 Å². The Morgan fingerprint density at radius 3 is 1.36 bits per heavy atom. The number of amides is 1. The van der Waals surface area contributed by atoms with Crippen LogP contribution in [0.2, 0.25) is 0 Å². The maximum Gasteiger partial charge on any atom is 0.228 e. The lowest BCUT2D eigenvalue weighted by molar-refractivity contribution is -0.134. The first-order chi connectivity index (χ1) is 13.5. The first-order valence-electron chi connectivity index (χ1n) is 9.11. The highest BCUT2D eigenvalue weighted by Gasteiger charge is 2.59. The number of hydrogen-bond acceptors (Lipinski definition) is 3. The molecule has 4 rings (SSSR count). The summed E-state index contributed by atoms with van der Waals surface area (Å²) in [5.74, 6) is -1.03. The van der Waals surface area contributed by atoms with Gasteiger partial charge in [-0.15, -0.1) is 0 Å². The van der Waals surface area contributed by atoms with Gasteiger partial charge >= 0.3 is 0 Å². The molecule has 2 atom stereocenters. The molecule has 1 aliphatic rings. The van der Waals surface area contributed by atoms with E-state index in [0.717, 1.165) is 16.7 Å². The van der Waals surface area contributed by atoms with Gasteiger partial charge in [0.1, 0.15) is 5.37 Å². The van der Waals surface area contributed by atoms with Gasteiger partial charge in [-0.3, -0.25) is 4.79 Å². The van der Waals surface area contributed by atoms with E-state index < -0.39 is 26.5 Å². The third-order valence-corrected chi connectivity index (χ3v) is 6.80. The van der Waals surface area contributed by atoms with Crippen LogP contribution < -0.4 is 5.32 Å². The Balaban J connectivity index is 2.09. The number of nitrogens with one attached hydrogen (secondary N) is 1. The molecule has 3 aromatic rings. The molecule has 1 fully saturated rings. The van der Waals surface area contributed by atoms with Crippen LogP contribution in [0.5, 0.6) is 0 Å². The molecule has 1 unspecified atom stereocenters. The molecule has 28 heavy (non-hydrogen) atoms. The maximum absolute atomic E-state index is 12.9. The first kappa shape index (κ1) is 18.4.